The third-order valence-electron chi connectivity index (χ3n) is 4.74. The van der Waals surface area contributed by atoms with Crippen LogP contribution in [0.5, 0.6) is 5.75 Å². The smallest absolute Gasteiger partial charge is 0.333 e. The Kier molecular flexibility index (Phi) is 13.5. The highest BCUT2D eigenvalue weighted by Gasteiger charge is 2.19. The molecule has 1 aromatic carbocycles. The highest BCUT2D eigenvalue weighted by Crippen LogP contribution is 2.15. The van der Waals surface area contributed by atoms with Crippen molar-refractivity contribution in [3.05, 3.63) is 29.8 Å². The van der Waals surface area contributed by atoms with Crippen LogP contribution in [0.3, 0.4) is 0 Å². The molecule has 0 aliphatic rings. The van der Waals surface area contributed by atoms with Crippen LogP contribution in [0.25, 0.3) is 0 Å². The maximum Gasteiger partial charge on any atom is 0.333 e. The quantitative estimate of drug-likeness (QED) is 0.358. The largest absolute Gasteiger partial charge is 0.492 e. The summed E-state index contributed by atoms with van der Waals surface area (Å²) in [6.07, 6.45) is 1.18. The standard InChI is InChI=1S/C25H42N2O6/c1-6-15-31-16-8-13-27(24(30)26-19-25(3,4)5)14-17-33-21-11-9-20(10-12-21)18-22(23(28)29)32-7-2/h9-12,22H,6-8,13-19H2,1-5H3,(H,26,30)(H,28,29). The van der Waals surface area contributed by atoms with E-state index in [0.29, 0.717) is 51.6 Å². The molecule has 1 unspecified atom stereocenters. The second-order valence-corrected chi connectivity index (χ2v) is 9.15. The summed E-state index contributed by atoms with van der Waals surface area (Å²) >= 11 is 0. The fourth-order valence-corrected chi connectivity index (χ4v) is 3.00. The van der Waals surface area contributed by atoms with E-state index in [-0.39, 0.29) is 11.4 Å². The van der Waals surface area contributed by atoms with Gasteiger partial charge in [-0.1, -0.05) is 39.8 Å². The van der Waals surface area contributed by atoms with Crippen LogP contribution in [0.1, 0.15) is 53.0 Å². The molecule has 0 bridgehead atoms. The van der Waals surface area contributed by atoms with Gasteiger partial charge in [-0.25, -0.2) is 9.59 Å². The van der Waals surface area contributed by atoms with Gasteiger partial charge in [0.05, 0.1) is 6.54 Å². The van der Waals surface area contributed by atoms with Gasteiger partial charge in [-0.3, -0.25) is 0 Å². The van der Waals surface area contributed by atoms with Gasteiger partial charge >= 0.3 is 12.0 Å². The second kappa shape index (κ2) is 15.5. The highest BCUT2D eigenvalue weighted by atomic mass is 16.5. The number of hydrogen-bond donors (Lipinski definition) is 2. The SMILES string of the molecule is CCCOCCCN(CCOc1ccc(CC(OCC)C(=O)O)cc1)C(=O)NCC(C)(C)C. The van der Waals surface area contributed by atoms with Crippen LogP contribution in [0.15, 0.2) is 24.3 Å². The third kappa shape index (κ3) is 13.1. The van der Waals surface area contributed by atoms with Crippen molar-refractivity contribution in [1.82, 2.24) is 10.2 Å². The number of carboxylic acid groups (broad SMARTS) is 1. The first-order chi connectivity index (χ1) is 15.7. The van der Waals surface area contributed by atoms with Crippen molar-refractivity contribution in [3.8, 4) is 5.75 Å². The van der Waals surface area contributed by atoms with E-state index < -0.39 is 12.1 Å². The topological polar surface area (TPSA) is 97.3 Å². The van der Waals surface area contributed by atoms with E-state index in [9.17, 15) is 14.7 Å². The molecule has 0 radical (unpaired) electrons. The Bertz CT molecular complexity index is 687. The van der Waals surface area contributed by atoms with Crippen molar-refractivity contribution in [2.45, 2.75) is 60.0 Å². The fraction of sp³-hybridized carbons (Fsp3) is 0.680. The number of nitrogens with zero attached hydrogens (tertiary/aromatic N) is 1. The summed E-state index contributed by atoms with van der Waals surface area (Å²) in [6, 6.07) is 7.19. The molecule has 2 amide bonds. The normalized spacial score (nSPS) is 12.3. The van der Waals surface area contributed by atoms with Gasteiger partial charge in [0.15, 0.2) is 6.10 Å². The van der Waals surface area contributed by atoms with Crippen molar-refractivity contribution in [2.24, 2.45) is 5.41 Å². The molecule has 33 heavy (non-hydrogen) atoms. The Labute approximate surface area is 198 Å². The summed E-state index contributed by atoms with van der Waals surface area (Å²) in [5, 5.41) is 12.2. The van der Waals surface area contributed by atoms with E-state index in [1.807, 2.05) is 24.3 Å². The van der Waals surface area contributed by atoms with E-state index in [1.54, 1.807) is 11.8 Å². The molecule has 8 nitrogen and oxygen atoms in total. The molecule has 0 aromatic heterocycles. The third-order valence-corrected chi connectivity index (χ3v) is 4.74. The number of benzene rings is 1. The lowest BCUT2D eigenvalue weighted by molar-refractivity contribution is -0.149. The lowest BCUT2D eigenvalue weighted by Crippen LogP contribution is -2.45. The maximum atomic E-state index is 12.7. The fourth-order valence-electron chi connectivity index (χ4n) is 3.00. The summed E-state index contributed by atoms with van der Waals surface area (Å²) in [5.41, 5.74) is 0.865. The minimum absolute atomic E-state index is 0.00558. The molecule has 1 rings (SSSR count). The number of carbonyl (C=O) groups is 2. The molecule has 0 saturated heterocycles. The molecular weight excluding hydrogens is 424 g/mol. The van der Waals surface area contributed by atoms with Crippen molar-refractivity contribution < 1.29 is 28.9 Å². The molecule has 0 saturated carbocycles. The van der Waals surface area contributed by atoms with Crippen molar-refractivity contribution in [1.29, 1.82) is 0 Å². The molecule has 0 fully saturated rings. The zero-order chi connectivity index (χ0) is 24.7. The summed E-state index contributed by atoms with van der Waals surface area (Å²) in [7, 11) is 0. The number of hydrogen-bond acceptors (Lipinski definition) is 5. The average Bonchev–Trinajstić information content (AvgIpc) is 2.76. The van der Waals surface area contributed by atoms with E-state index >= 15 is 0 Å². The lowest BCUT2D eigenvalue weighted by Gasteiger charge is -2.26. The Balaban J connectivity index is 2.57. The molecule has 188 valence electrons. The minimum atomic E-state index is -0.970. The van der Waals surface area contributed by atoms with Gasteiger partial charge in [-0.15, -0.1) is 0 Å². The first kappa shape index (κ1) is 28.7. The molecule has 2 N–H and O–H groups in total. The number of ether oxygens (including phenoxy) is 3. The first-order valence-corrected chi connectivity index (χ1v) is 11.8. The maximum absolute atomic E-state index is 12.7. The van der Waals surface area contributed by atoms with Gasteiger partial charge in [0.1, 0.15) is 12.4 Å². The summed E-state index contributed by atoms with van der Waals surface area (Å²) in [6.45, 7) is 13.8. The van der Waals surface area contributed by atoms with E-state index in [1.165, 1.54) is 0 Å². The number of nitrogens with one attached hydrogen (secondary N) is 1. The number of urea groups is 1. The zero-order valence-electron chi connectivity index (χ0n) is 20.9. The predicted molar refractivity (Wildman–Crippen MR) is 129 cm³/mol. The number of rotatable bonds is 16. The Morgan fingerprint density at radius 2 is 1.76 bits per heavy atom. The Morgan fingerprint density at radius 3 is 2.33 bits per heavy atom. The minimum Gasteiger partial charge on any atom is -0.492 e. The van der Waals surface area contributed by atoms with Gasteiger partial charge in [-0.05, 0) is 42.9 Å². The Hall–Kier alpha value is -2.32. The van der Waals surface area contributed by atoms with Gasteiger partial charge in [-0.2, -0.15) is 0 Å². The van der Waals surface area contributed by atoms with Crippen molar-refractivity contribution in [2.75, 3.05) is 46.1 Å². The monoisotopic (exact) mass is 466 g/mol. The summed E-state index contributed by atoms with van der Waals surface area (Å²) in [5.74, 6) is -0.300. The Morgan fingerprint density at radius 1 is 1.06 bits per heavy atom. The van der Waals surface area contributed by atoms with Crippen LogP contribution in [0.4, 0.5) is 4.79 Å². The van der Waals surface area contributed by atoms with Crippen LogP contribution in [0.2, 0.25) is 0 Å². The average molecular weight is 467 g/mol. The predicted octanol–water partition coefficient (Wildman–Crippen LogP) is 3.97. The van der Waals surface area contributed by atoms with E-state index in [2.05, 4.69) is 33.0 Å². The van der Waals surface area contributed by atoms with Crippen LogP contribution in [-0.4, -0.2) is 74.2 Å². The van der Waals surface area contributed by atoms with Gasteiger partial charge in [0.2, 0.25) is 0 Å². The molecule has 0 aliphatic heterocycles. The molecule has 1 aromatic rings. The van der Waals surface area contributed by atoms with Crippen molar-refractivity contribution >= 4 is 12.0 Å². The van der Waals surface area contributed by atoms with Gasteiger partial charge in [0, 0.05) is 39.3 Å². The molecule has 0 aliphatic carbocycles. The van der Waals surface area contributed by atoms with Crippen LogP contribution in [0, 0.1) is 5.41 Å². The number of carbonyl (C=O) groups excluding carboxylic acids is 1. The van der Waals surface area contributed by atoms with Gasteiger partial charge in [0.25, 0.3) is 0 Å². The van der Waals surface area contributed by atoms with E-state index in [0.717, 1.165) is 25.0 Å². The lowest BCUT2D eigenvalue weighted by atomic mass is 9.97. The van der Waals surface area contributed by atoms with Crippen LogP contribution >= 0.6 is 0 Å². The molecule has 0 heterocycles. The van der Waals surface area contributed by atoms with Crippen LogP contribution < -0.4 is 10.1 Å². The summed E-state index contributed by atoms with van der Waals surface area (Å²) < 4.78 is 16.6. The molecule has 8 heteroatoms. The van der Waals surface area contributed by atoms with Gasteiger partial charge < -0.3 is 29.5 Å². The number of aliphatic carboxylic acids is 1. The van der Waals surface area contributed by atoms with E-state index in [4.69, 9.17) is 14.2 Å². The zero-order valence-corrected chi connectivity index (χ0v) is 20.9. The molecular formula is C25H42N2O6. The molecule has 0 spiro atoms. The summed E-state index contributed by atoms with van der Waals surface area (Å²) in [4.78, 5) is 25.7. The van der Waals surface area contributed by atoms with Crippen LogP contribution in [-0.2, 0) is 20.7 Å². The number of amides is 2. The second-order valence-electron chi connectivity index (χ2n) is 9.15. The highest BCUT2D eigenvalue weighted by molar-refractivity contribution is 5.74. The first-order valence-electron chi connectivity index (χ1n) is 11.8. The molecule has 1 atom stereocenters. The van der Waals surface area contributed by atoms with Crippen molar-refractivity contribution in [3.63, 3.8) is 0 Å². The number of carboxylic acids is 1.